The lowest BCUT2D eigenvalue weighted by Crippen LogP contribution is -2.15. The first-order valence-corrected chi connectivity index (χ1v) is 8.56. The van der Waals surface area contributed by atoms with Crippen LogP contribution in [-0.2, 0) is 11.4 Å². The number of hydrogen-bond donors (Lipinski definition) is 1. The molecule has 3 rings (SSSR count). The van der Waals surface area contributed by atoms with Gasteiger partial charge in [-0.3, -0.25) is 0 Å². The predicted octanol–water partition coefficient (Wildman–Crippen LogP) is 4.64. The Labute approximate surface area is 165 Å². The van der Waals surface area contributed by atoms with Gasteiger partial charge in [0.1, 0.15) is 23.1 Å². The third kappa shape index (κ3) is 4.81. The second-order valence-electron chi connectivity index (χ2n) is 5.33. The number of hydrogen-bond acceptors (Lipinski definition) is 5. The number of oxime groups is 1. The van der Waals surface area contributed by atoms with E-state index in [1.165, 1.54) is 6.07 Å². The number of nitrogens with two attached hydrogens (primary N) is 1. The largest absolute Gasteiger partial charge is 0.484 e. The Morgan fingerprint density at radius 2 is 1.81 bits per heavy atom. The number of carbonyl (C=O) groups is 1. The molecule has 8 heteroatoms. The molecular formula is C19H14Cl2N2O4. The van der Waals surface area contributed by atoms with E-state index >= 15 is 0 Å². The number of amidine groups is 1. The molecule has 2 N–H and O–H groups in total. The van der Waals surface area contributed by atoms with Gasteiger partial charge in [-0.25, -0.2) is 4.79 Å². The van der Waals surface area contributed by atoms with Gasteiger partial charge >= 0.3 is 5.97 Å². The van der Waals surface area contributed by atoms with Crippen LogP contribution in [-0.4, -0.2) is 11.8 Å². The van der Waals surface area contributed by atoms with Crippen molar-refractivity contribution in [3.8, 4) is 5.75 Å². The van der Waals surface area contributed by atoms with Gasteiger partial charge in [-0.15, -0.1) is 0 Å². The summed E-state index contributed by atoms with van der Waals surface area (Å²) in [5.74, 6) is 0.0777. The zero-order chi connectivity index (χ0) is 19.2. The summed E-state index contributed by atoms with van der Waals surface area (Å²) in [5.41, 5.74) is 6.40. The molecule has 0 spiro atoms. The van der Waals surface area contributed by atoms with Crippen LogP contribution in [0.5, 0.6) is 5.75 Å². The van der Waals surface area contributed by atoms with Gasteiger partial charge in [-0.05, 0) is 24.3 Å². The monoisotopic (exact) mass is 404 g/mol. The molecule has 0 saturated carbocycles. The topological polar surface area (TPSA) is 87.1 Å². The zero-order valence-corrected chi connectivity index (χ0v) is 15.4. The highest BCUT2D eigenvalue weighted by Crippen LogP contribution is 2.32. The third-order valence-electron chi connectivity index (χ3n) is 3.45. The van der Waals surface area contributed by atoms with Crippen LogP contribution in [0.15, 0.2) is 70.2 Å². The van der Waals surface area contributed by atoms with Crippen molar-refractivity contribution in [1.82, 2.24) is 0 Å². The van der Waals surface area contributed by atoms with Crippen LogP contribution in [0.1, 0.15) is 21.9 Å². The second-order valence-corrected chi connectivity index (χ2v) is 6.11. The quantitative estimate of drug-likeness (QED) is 0.279. The summed E-state index contributed by atoms with van der Waals surface area (Å²) in [6.07, 6.45) is 0. The van der Waals surface area contributed by atoms with Crippen molar-refractivity contribution in [3.63, 3.8) is 0 Å². The smallest absolute Gasteiger partial charge is 0.400 e. The van der Waals surface area contributed by atoms with Crippen molar-refractivity contribution in [1.29, 1.82) is 0 Å². The summed E-state index contributed by atoms with van der Waals surface area (Å²) in [6, 6.07) is 17.0. The first-order chi connectivity index (χ1) is 13.0. The molecular weight excluding hydrogens is 391 g/mol. The molecule has 1 heterocycles. The van der Waals surface area contributed by atoms with Crippen molar-refractivity contribution in [2.45, 2.75) is 6.61 Å². The Kier molecular flexibility index (Phi) is 6.01. The number of carbonyl (C=O) groups excluding carboxylic acids is 1. The Balaban J connectivity index is 1.60. The maximum atomic E-state index is 12.0. The van der Waals surface area contributed by atoms with Gasteiger partial charge in [-0.2, -0.15) is 0 Å². The van der Waals surface area contributed by atoms with Gasteiger partial charge in [0.25, 0.3) is 0 Å². The number of ether oxygens (including phenoxy) is 1. The fourth-order valence-electron chi connectivity index (χ4n) is 2.11. The first-order valence-electron chi connectivity index (χ1n) is 7.80. The van der Waals surface area contributed by atoms with Crippen LogP contribution in [0.2, 0.25) is 10.0 Å². The van der Waals surface area contributed by atoms with E-state index in [9.17, 15) is 4.79 Å². The number of halogens is 2. The van der Waals surface area contributed by atoms with Gasteiger partial charge in [-0.1, -0.05) is 64.8 Å². The molecule has 0 aliphatic carbocycles. The van der Waals surface area contributed by atoms with Gasteiger partial charge in [0.2, 0.25) is 5.76 Å². The maximum absolute atomic E-state index is 12.0. The standard InChI is InChI=1S/C19H14Cl2N2O4/c20-14-7-4-8-15(17(14)21)25-11-13-9-10-16(26-13)19(24)27-23-18(22)12-5-2-1-3-6-12/h1-10H,11H2,(H2,22,23). The van der Waals surface area contributed by atoms with Crippen LogP contribution < -0.4 is 10.5 Å². The lowest BCUT2D eigenvalue weighted by molar-refractivity contribution is 0.0475. The van der Waals surface area contributed by atoms with E-state index in [4.69, 9.17) is 42.9 Å². The van der Waals surface area contributed by atoms with Crippen LogP contribution >= 0.6 is 23.2 Å². The number of furan rings is 1. The Morgan fingerprint density at radius 1 is 1.04 bits per heavy atom. The number of rotatable bonds is 6. The fraction of sp³-hybridized carbons (Fsp3) is 0.0526. The van der Waals surface area contributed by atoms with Gasteiger partial charge < -0.3 is 19.7 Å². The molecule has 0 saturated heterocycles. The summed E-state index contributed by atoms with van der Waals surface area (Å²) >= 11 is 12.0. The predicted molar refractivity (Wildman–Crippen MR) is 102 cm³/mol. The Morgan fingerprint density at radius 3 is 2.59 bits per heavy atom. The van der Waals surface area contributed by atoms with E-state index in [-0.39, 0.29) is 18.2 Å². The van der Waals surface area contributed by atoms with Gasteiger partial charge in [0, 0.05) is 5.56 Å². The van der Waals surface area contributed by atoms with Crippen molar-refractivity contribution in [2.75, 3.05) is 0 Å². The molecule has 2 aromatic carbocycles. The van der Waals surface area contributed by atoms with Crippen molar-refractivity contribution in [3.05, 3.63) is 87.8 Å². The van der Waals surface area contributed by atoms with E-state index < -0.39 is 5.97 Å². The molecule has 0 bridgehead atoms. The average Bonchev–Trinajstić information content (AvgIpc) is 3.17. The van der Waals surface area contributed by atoms with Crippen LogP contribution in [0, 0.1) is 0 Å². The zero-order valence-electron chi connectivity index (χ0n) is 13.9. The minimum absolute atomic E-state index is 0.0320. The van der Waals surface area contributed by atoms with E-state index in [1.807, 2.05) is 6.07 Å². The van der Waals surface area contributed by atoms with Crippen molar-refractivity contribution >= 4 is 35.0 Å². The van der Waals surface area contributed by atoms with Gasteiger partial charge in [0.15, 0.2) is 5.84 Å². The molecule has 0 aliphatic heterocycles. The molecule has 0 amide bonds. The summed E-state index contributed by atoms with van der Waals surface area (Å²) in [6.45, 7) is 0.0583. The van der Waals surface area contributed by atoms with E-state index in [2.05, 4.69) is 5.16 Å². The molecule has 0 aliphatic rings. The molecule has 6 nitrogen and oxygen atoms in total. The maximum Gasteiger partial charge on any atom is 0.400 e. The summed E-state index contributed by atoms with van der Waals surface area (Å²) < 4.78 is 10.9. The molecule has 0 atom stereocenters. The SMILES string of the molecule is N/C(=N\OC(=O)c1ccc(COc2cccc(Cl)c2Cl)o1)c1ccccc1. The van der Waals surface area contributed by atoms with Crippen LogP contribution in [0.4, 0.5) is 0 Å². The molecule has 3 aromatic rings. The molecule has 0 radical (unpaired) electrons. The lowest BCUT2D eigenvalue weighted by Gasteiger charge is -2.07. The number of benzene rings is 2. The molecule has 27 heavy (non-hydrogen) atoms. The Hall–Kier alpha value is -2.96. The number of nitrogens with zero attached hydrogens (tertiary/aromatic N) is 1. The molecule has 0 fully saturated rings. The lowest BCUT2D eigenvalue weighted by atomic mass is 10.2. The first kappa shape index (κ1) is 18.8. The molecule has 1 aromatic heterocycles. The van der Waals surface area contributed by atoms with E-state index in [1.54, 1.807) is 48.5 Å². The highest BCUT2D eigenvalue weighted by atomic mass is 35.5. The van der Waals surface area contributed by atoms with Gasteiger partial charge in [0.05, 0.1) is 5.02 Å². The van der Waals surface area contributed by atoms with E-state index in [0.717, 1.165) is 0 Å². The highest BCUT2D eigenvalue weighted by molar-refractivity contribution is 6.42. The van der Waals surface area contributed by atoms with E-state index in [0.29, 0.717) is 27.1 Å². The normalized spacial score (nSPS) is 11.3. The highest BCUT2D eigenvalue weighted by Gasteiger charge is 2.14. The van der Waals surface area contributed by atoms with Crippen molar-refractivity contribution in [2.24, 2.45) is 10.9 Å². The second kappa shape index (κ2) is 8.62. The third-order valence-corrected chi connectivity index (χ3v) is 4.25. The summed E-state index contributed by atoms with van der Waals surface area (Å²) in [7, 11) is 0. The molecule has 0 unspecified atom stereocenters. The van der Waals surface area contributed by atoms with Crippen LogP contribution in [0.3, 0.4) is 0 Å². The average molecular weight is 405 g/mol. The minimum atomic E-state index is -0.777. The Bertz CT molecular complexity index is 971. The minimum Gasteiger partial charge on any atom is -0.484 e. The van der Waals surface area contributed by atoms with Crippen molar-refractivity contribution < 1.29 is 18.8 Å². The van der Waals surface area contributed by atoms with Crippen LogP contribution in [0.25, 0.3) is 0 Å². The fourth-order valence-corrected chi connectivity index (χ4v) is 2.45. The molecule has 138 valence electrons. The summed E-state index contributed by atoms with van der Waals surface area (Å²) in [5, 5.41) is 4.30. The summed E-state index contributed by atoms with van der Waals surface area (Å²) in [4.78, 5) is 16.8.